The SMILES string of the molecule is C=CCOc1ccc(C2/C(=C(\O)c3ccc(Cl)cc3)C(=O)C(=O)N2Cc2cccnc2)cc1. The zero-order chi connectivity index (χ0) is 23.4. The number of aliphatic hydroxyl groups excluding tert-OH is 1. The fourth-order valence-corrected chi connectivity index (χ4v) is 3.87. The summed E-state index contributed by atoms with van der Waals surface area (Å²) in [4.78, 5) is 31.7. The monoisotopic (exact) mass is 460 g/mol. The molecule has 1 saturated heterocycles. The molecule has 0 bridgehead atoms. The molecular formula is C26H21ClN2O4. The van der Waals surface area contributed by atoms with Crippen LogP contribution in [-0.2, 0) is 16.1 Å². The van der Waals surface area contributed by atoms with Crippen molar-refractivity contribution in [2.24, 2.45) is 0 Å². The highest BCUT2D eigenvalue weighted by molar-refractivity contribution is 6.46. The number of Topliss-reactive ketones (excluding diaryl/α,β-unsaturated/α-hetero) is 1. The average molecular weight is 461 g/mol. The lowest BCUT2D eigenvalue weighted by molar-refractivity contribution is -0.140. The number of aliphatic hydroxyl groups is 1. The molecule has 3 aromatic rings. The molecule has 6 nitrogen and oxygen atoms in total. The van der Waals surface area contributed by atoms with Crippen LogP contribution >= 0.6 is 11.6 Å². The van der Waals surface area contributed by atoms with Gasteiger partial charge in [-0.25, -0.2) is 0 Å². The summed E-state index contributed by atoms with van der Waals surface area (Å²) in [6.07, 6.45) is 4.92. The Morgan fingerprint density at radius 1 is 1.12 bits per heavy atom. The van der Waals surface area contributed by atoms with E-state index < -0.39 is 17.7 Å². The van der Waals surface area contributed by atoms with Crippen molar-refractivity contribution in [2.75, 3.05) is 6.61 Å². The molecule has 1 aliphatic heterocycles. The van der Waals surface area contributed by atoms with Gasteiger partial charge in [0.05, 0.1) is 11.6 Å². The van der Waals surface area contributed by atoms with Crippen LogP contribution in [0.1, 0.15) is 22.7 Å². The number of amides is 1. The molecule has 1 fully saturated rings. The second-order valence-electron chi connectivity index (χ2n) is 7.46. The van der Waals surface area contributed by atoms with Crippen molar-refractivity contribution in [1.82, 2.24) is 9.88 Å². The van der Waals surface area contributed by atoms with Crippen molar-refractivity contribution in [1.29, 1.82) is 0 Å². The number of halogens is 1. The molecule has 2 heterocycles. The molecule has 1 N–H and O–H groups in total. The summed E-state index contributed by atoms with van der Waals surface area (Å²) in [6, 6.07) is 16.3. The summed E-state index contributed by atoms with van der Waals surface area (Å²) in [5, 5.41) is 11.6. The highest BCUT2D eigenvalue weighted by Crippen LogP contribution is 2.40. The largest absolute Gasteiger partial charge is 0.507 e. The average Bonchev–Trinajstić information content (AvgIpc) is 3.08. The lowest BCUT2D eigenvalue weighted by Gasteiger charge is -2.25. The molecule has 0 spiro atoms. The minimum absolute atomic E-state index is 0.0194. The van der Waals surface area contributed by atoms with Crippen molar-refractivity contribution < 1.29 is 19.4 Å². The van der Waals surface area contributed by atoms with Crippen LogP contribution in [-0.4, -0.2) is 33.3 Å². The van der Waals surface area contributed by atoms with Gasteiger partial charge in [0.1, 0.15) is 18.1 Å². The van der Waals surface area contributed by atoms with Crippen LogP contribution in [0.2, 0.25) is 5.02 Å². The number of nitrogens with zero attached hydrogens (tertiary/aromatic N) is 2. The number of hydrogen-bond donors (Lipinski definition) is 1. The number of carbonyl (C=O) groups is 2. The van der Waals surface area contributed by atoms with Gasteiger partial charge in [-0.15, -0.1) is 0 Å². The Balaban J connectivity index is 1.80. The van der Waals surface area contributed by atoms with Crippen LogP contribution in [0.4, 0.5) is 0 Å². The van der Waals surface area contributed by atoms with Gasteiger partial charge in [0, 0.05) is 29.5 Å². The zero-order valence-corrected chi connectivity index (χ0v) is 18.4. The number of pyridine rings is 1. The van der Waals surface area contributed by atoms with Crippen LogP contribution < -0.4 is 4.74 Å². The van der Waals surface area contributed by atoms with E-state index in [9.17, 15) is 14.7 Å². The van der Waals surface area contributed by atoms with E-state index in [-0.39, 0.29) is 17.9 Å². The molecule has 2 aromatic carbocycles. The molecule has 166 valence electrons. The Morgan fingerprint density at radius 2 is 1.85 bits per heavy atom. The standard InChI is InChI=1S/C26H21ClN2O4/c1-2-14-33-21-11-7-18(8-12-21)23-22(24(30)19-5-9-20(27)10-6-19)25(31)26(32)29(23)16-17-4-3-13-28-15-17/h2-13,15,23,30H,1,14,16H2/b24-22+. The minimum atomic E-state index is -0.783. The van der Waals surface area contributed by atoms with Crippen molar-refractivity contribution >= 4 is 29.1 Å². The number of ketones is 1. The lowest BCUT2D eigenvalue weighted by atomic mass is 9.95. The van der Waals surface area contributed by atoms with E-state index in [0.29, 0.717) is 28.5 Å². The molecule has 1 aliphatic rings. The Hall–Kier alpha value is -3.90. The van der Waals surface area contributed by atoms with Gasteiger partial charge in [0.15, 0.2) is 0 Å². The number of carbonyl (C=O) groups excluding carboxylic acids is 2. The molecule has 4 rings (SSSR count). The number of benzene rings is 2. The second-order valence-corrected chi connectivity index (χ2v) is 7.90. The maximum Gasteiger partial charge on any atom is 0.295 e. The molecule has 33 heavy (non-hydrogen) atoms. The van der Waals surface area contributed by atoms with E-state index in [4.69, 9.17) is 16.3 Å². The predicted octanol–water partition coefficient (Wildman–Crippen LogP) is 4.92. The maximum absolute atomic E-state index is 13.1. The first-order valence-corrected chi connectivity index (χ1v) is 10.6. The molecule has 1 unspecified atom stereocenters. The molecule has 1 amide bonds. The van der Waals surface area contributed by atoms with E-state index in [1.165, 1.54) is 4.90 Å². The molecule has 0 radical (unpaired) electrons. The van der Waals surface area contributed by atoms with E-state index in [1.807, 2.05) is 6.07 Å². The molecule has 0 aliphatic carbocycles. The minimum Gasteiger partial charge on any atom is -0.507 e. The Labute approximate surface area is 196 Å². The van der Waals surface area contributed by atoms with Crippen LogP contribution in [0.15, 0.2) is 91.3 Å². The predicted molar refractivity (Wildman–Crippen MR) is 126 cm³/mol. The zero-order valence-electron chi connectivity index (χ0n) is 17.6. The number of ether oxygens (including phenoxy) is 1. The first-order valence-electron chi connectivity index (χ1n) is 10.3. The van der Waals surface area contributed by atoms with Gasteiger partial charge >= 0.3 is 0 Å². The van der Waals surface area contributed by atoms with E-state index in [1.54, 1.807) is 73.1 Å². The van der Waals surface area contributed by atoms with Gasteiger partial charge in [-0.2, -0.15) is 0 Å². The van der Waals surface area contributed by atoms with E-state index in [2.05, 4.69) is 11.6 Å². The Bertz CT molecular complexity index is 1210. The molecule has 7 heteroatoms. The van der Waals surface area contributed by atoms with Crippen LogP contribution in [0.3, 0.4) is 0 Å². The Morgan fingerprint density at radius 3 is 2.48 bits per heavy atom. The van der Waals surface area contributed by atoms with Crippen LogP contribution in [0.25, 0.3) is 5.76 Å². The normalized spacial score (nSPS) is 17.2. The smallest absolute Gasteiger partial charge is 0.295 e. The van der Waals surface area contributed by atoms with Gasteiger partial charge in [-0.1, -0.05) is 42.5 Å². The fourth-order valence-electron chi connectivity index (χ4n) is 3.74. The number of aromatic nitrogens is 1. The van der Waals surface area contributed by atoms with Gasteiger partial charge in [-0.3, -0.25) is 14.6 Å². The third kappa shape index (κ3) is 4.66. The highest BCUT2D eigenvalue weighted by atomic mass is 35.5. The summed E-state index contributed by atoms with van der Waals surface area (Å²) < 4.78 is 5.54. The quantitative estimate of drug-likeness (QED) is 0.234. The van der Waals surface area contributed by atoms with Crippen LogP contribution in [0, 0.1) is 0 Å². The summed E-state index contributed by atoms with van der Waals surface area (Å²) >= 11 is 5.97. The fraction of sp³-hybridized carbons (Fsp3) is 0.115. The second kappa shape index (κ2) is 9.71. The van der Waals surface area contributed by atoms with E-state index >= 15 is 0 Å². The molecule has 1 aromatic heterocycles. The third-order valence-corrected chi connectivity index (χ3v) is 5.55. The topological polar surface area (TPSA) is 79.7 Å². The molecule has 0 saturated carbocycles. The summed E-state index contributed by atoms with van der Waals surface area (Å²) in [6.45, 7) is 4.15. The van der Waals surface area contributed by atoms with Gasteiger partial charge in [0.2, 0.25) is 0 Å². The number of rotatable bonds is 7. The summed E-state index contributed by atoms with van der Waals surface area (Å²) in [5.74, 6) is -1.06. The van der Waals surface area contributed by atoms with Gasteiger partial charge < -0.3 is 14.7 Å². The highest BCUT2D eigenvalue weighted by Gasteiger charge is 2.46. The number of hydrogen-bond acceptors (Lipinski definition) is 5. The molecule has 1 atom stereocenters. The summed E-state index contributed by atoms with van der Waals surface area (Å²) in [5.41, 5.74) is 1.85. The number of likely N-dealkylation sites (tertiary alicyclic amines) is 1. The lowest BCUT2D eigenvalue weighted by Crippen LogP contribution is -2.29. The molecular weight excluding hydrogens is 440 g/mol. The van der Waals surface area contributed by atoms with Crippen molar-refractivity contribution in [2.45, 2.75) is 12.6 Å². The van der Waals surface area contributed by atoms with Crippen molar-refractivity contribution in [3.05, 3.63) is 113 Å². The summed E-state index contributed by atoms with van der Waals surface area (Å²) in [7, 11) is 0. The third-order valence-electron chi connectivity index (χ3n) is 5.30. The maximum atomic E-state index is 13.1. The first-order chi connectivity index (χ1) is 16.0. The van der Waals surface area contributed by atoms with Gasteiger partial charge in [-0.05, 0) is 53.6 Å². The van der Waals surface area contributed by atoms with Crippen molar-refractivity contribution in [3.63, 3.8) is 0 Å². The first kappa shape index (κ1) is 22.3. The van der Waals surface area contributed by atoms with Crippen LogP contribution in [0.5, 0.6) is 5.75 Å². The Kier molecular flexibility index (Phi) is 6.56. The van der Waals surface area contributed by atoms with Crippen molar-refractivity contribution in [3.8, 4) is 5.75 Å². The van der Waals surface area contributed by atoms with E-state index in [0.717, 1.165) is 5.56 Å². The van der Waals surface area contributed by atoms with Gasteiger partial charge in [0.25, 0.3) is 11.7 Å².